The molecule has 0 heterocycles. The fourth-order valence-corrected chi connectivity index (χ4v) is 3.65. The number of allylic oxidation sites excluding steroid dienone is 4. The molecule has 0 fully saturated rings. The molecule has 2 N–H and O–H groups in total. The number of nitrogens with one attached hydrogen (secondary N) is 2. The minimum absolute atomic E-state index is 0.00553. The lowest BCUT2D eigenvalue weighted by Crippen LogP contribution is -2.32. The van der Waals surface area contributed by atoms with Crippen molar-refractivity contribution in [2.24, 2.45) is 0 Å². The second kappa shape index (κ2) is 17.5. The number of carbonyl (C=O) groups excluding carboxylic acids is 2. The number of hydrogen-bond acceptors (Lipinski definition) is 6. The Morgan fingerprint density at radius 2 is 1.06 bits per heavy atom. The molecule has 0 aliphatic heterocycles. The van der Waals surface area contributed by atoms with Crippen LogP contribution >= 0.6 is 0 Å². The molecule has 0 aromatic heterocycles. The Hall–Kier alpha value is -2.06. The zero-order valence-electron chi connectivity index (χ0n) is 19.2. The topological polar surface area (TPSA) is 95.1 Å². The number of hydrogen-bond donors (Lipinski definition) is 2. The van der Waals surface area contributed by atoms with Gasteiger partial charge in [-0.2, -0.15) is 0 Å². The van der Waals surface area contributed by atoms with E-state index >= 15 is 0 Å². The number of amides is 2. The molecule has 0 saturated heterocycles. The maximum atomic E-state index is 11.9. The Labute approximate surface area is 192 Å². The summed E-state index contributed by atoms with van der Waals surface area (Å²) in [6, 6.07) is 0. The van der Waals surface area contributed by atoms with Crippen LogP contribution in [0.25, 0.3) is 0 Å². The van der Waals surface area contributed by atoms with E-state index in [0.717, 1.165) is 64.2 Å². The van der Waals surface area contributed by atoms with Crippen LogP contribution in [0.4, 0.5) is 9.59 Å². The first-order chi connectivity index (χ1) is 15.7. The van der Waals surface area contributed by atoms with E-state index in [1.807, 2.05) is 0 Å². The van der Waals surface area contributed by atoms with Crippen LogP contribution in [0.2, 0.25) is 0 Å². The van der Waals surface area contributed by atoms with Crippen LogP contribution in [0.3, 0.4) is 0 Å². The van der Waals surface area contributed by atoms with Gasteiger partial charge in [-0.1, -0.05) is 24.3 Å². The first kappa shape index (κ1) is 26.2. The van der Waals surface area contributed by atoms with Crippen LogP contribution in [0, 0.1) is 0 Å². The molecular formula is C24H40N2O6. The van der Waals surface area contributed by atoms with Crippen molar-refractivity contribution in [2.75, 3.05) is 39.5 Å². The predicted molar refractivity (Wildman–Crippen MR) is 123 cm³/mol. The van der Waals surface area contributed by atoms with Gasteiger partial charge in [0.05, 0.1) is 26.4 Å². The Bertz CT molecular complexity index is 531. The third-order valence-corrected chi connectivity index (χ3v) is 5.39. The normalized spacial score (nSPS) is 23.5. The van der Waals surface area contributed by atoms with Crippen molar-refractivity contribution in [3.63, 3.8) is 0 Å². The van der Waals surface area contributed by atoms with Crippen molar-refractivity contribution in [2.45, 2.75) is 76.4 Å². The zero-order chi connectivity index (χ0) is 22.7. The summed E-state index contributed by atoms with van der Waals surface area (Å²) in [4.78, 5) is 23.7. The average Bonchev–Trinajstić information content (AvgIpc) is 2.73. The monoisotopic (exact) mass is 452 g/mol. The second-order valence-electron chi connectivity index (χ2n) is 8.09. The minimum Gasteiger partial charge on any atom is -0.446 e. The lowest BCUT2D eigenvalue weighted by atomic mass is 10.0. The van der Waals surface area contributed by atoms with Gasteiger partial charge in [-0.05, 0) is 64.2 Å². The van der Waals surface area contributed by atoms with E-state index in [-0.39, 0.29) is 24.4 Å². The molecule has 2 amide bonds. The van der Waals surface area contributed by atoms with Crippen LogP contribution in [0.1, 0.15) is 64.2 Å². The third kappa shape index (κ3) is 13.4. The van der Waals surface area contributed by atoms with Gasteiger partial charge in [0.25, 0.3) is 0 Å². The minimum atomic E-state index is -0.381. The molecule has 32 heavy (non-hydrogen) atoms. The molecule has 182 valence electrons. The quantitative estimate of drug-likeness (QED) is 0.359. The number of carbonyl (C=O) groups is 2. The van der Waals surface area contributed by atoms with E-state index in [2.05, 4.69) is 34.9 Å². The van der Waals surface area contributed by atoms with Crippen molar-refractivity contribution in [1.29, 1.82) is 0 Å². The van der Waals surface area contributed by atoms with Gasteiger partial charge in [0.2, 0.25) is 0 Å². The Kier molecular flexibility index (Phi) is 14.3. The highest BCUT2D eigenvalue weighted by molar-refractivity contribution is 5.67. The van der Waals surface area contributed by atoms with E-state index < -0.39 is 0 Å². The van der Waals surface area contributed by atoms with Gasteiger partial charge < -0.3 is 29.6 Å². The van der Waals surface area contributed by atoms with Crippen LogP contribution in [-0.4, -0.2) is 63.9 Å². The van der Waals surface area contributed by atoms with Gasteiger partial charge in [-0.15, -0.1) is 0 Å². The summed E-state index contributed by atoms with van der Waals surface area (Å²) in [5.74, 6) is 0. The molecule has 2 atom stereocenters. The molecule has 2 aliphatic rings. The van der Waals surface area contributed by atoms with Crippen LogP contribution < -0.4 is 10.6 Å². The zero-order valence-corrected chi connectivity index (χ0v) is 19.2. The van der Waals surface area contributed by atoms with E-state index in [1.54, 1.807) is 0 Å². The fourth-order valence-electron chi connectivity index (χ4n) is 3.65. The van der Waals surface area contributed by atoms with Gasteiger partial charge in [0.15, 0.2) is 0 Å². The number of alkyl carbamates (subject to hydrolysis) is 2. The standard InChI is InChI=1S/C24H40N2O6/c27-23(31-21-11-7-3-1-4-8-12-21)25-15-17-29-19-20-30-18-16-26-24(28)32-22-13-9-5-2-6-10-14-22/h1-3,5,21-22H,4,6-20H2,(H,25,27)(H,26,28)/b3-1+,5-2+. The van der Waals surface area contributed by atoms with Gasteiger partial charge >= 0.3 is 12.2 Å². The van der Waals surface area contributed by atoms with E-state index in [0.29, 0.717) is 39.5 Å². The van der Waals surface area contributed by atoms with Crippen LogP contribution in [-0.2, 0) is 18.9 Å². The van der Waals surface area contributed by atoms with Crippen molar-refractivity contribution < 1.29 is 28.5 Å². The van der Waals surface area contributed by atoms with Gasteiger partial charge in [-0.25, -0.2) is 9.59 Å². The first-order valence-electron chi connectivity index (χ1n) is 12.1. The Balaban J connectivity index is 1.36. The van der Waals surface area contributed by atoms with E-state index in [1.165, 1.54) is 0 Å². The molecule has 0 bridgehead atoms. The van der Waals surface area contributed by atoms with E-state index in [4.69, 9.17) is 18.9 Å². The van der Waals surface area contributed by atoms with E-state index in [9.17, 15) is 9.59 Å². The van der Waals surface area contributed by atoms with Crippen molar-refractivity contribution >= 4 is 12.2 Å². The smallest absolute Gasteiger partial charge is 0.407 e. The lowest BCUT2D eigenvalue weighted by molar-refractivity contribution is 0.0452. The maximum Gasteiger partial charge on any atom is 0.407 e. The molecule has 0 radical (unpaired) electrons. The predicted octanol–water partition coefficient (Wildman–Crippen LogP) is 4.25. The maximum absolute atomic E-state index is 11.9. The molecule has 8 heteroatoms. The largest absolute Gasteiger partial charge is 0.446 e. The highest BCUT2D eigenvalue weighted by atomic mass is 16.6. The summed E-state index contributed by atoms with van der Waals surface area (Å²) in [5.41, 5.74) is 0. The molecule has 0 aromatic carbocycles. The molecule has 0 spiro atoms. The summed E-state index contributed by atoms with van der Waals surface area (Å²) in [6.45, 7) is 2.43. The molecular weight excluding hydrogens is 412 g/mol. The Morgan fingerprint density at radius 1 is 0.625 bits per heavy atom. The first-order valence-corrected chi connectivity index (χ1v) is 12.1. The van der Waals surface area contributed by atoms with Gasteiger partial charge in [0, 0.05) is 13.1 Å². The SMILES string of the molecule is O=C(NCCOCCOCCNC(=O)OC1CC/C=C/CCC1)OC1CC/C=C/CCC1. The fraction of sp³-hybridized carbons (Fsp3) is 0.750. The van der Waals surface area contributed by atoms with Crippen LogP contribution in [0.15, 0.2) is 24.3 Å². The van der Waals surface area contributed by atoms with Gasteiger partial charge in [-0.3, -0.25) is 0 Å². The summed E-state index contributed by atoms with van der Waals surface area (Å²) >= 11 is 0. The number of rotatable bonds is 11. The van der Waals surface area contributed by atoms with Crippen LogP contribution in [0.5, 0.6) is 0 Å². The molecule has 8 nitrogen and oxygen atoms in total. The summed E-state index contributed by atoms with van der Waals surface area (Å²) in [5, 5.41) is 5.44. The highest BCUT2D eigenvalue weighted by Gasteiger charge is 2.15. The van der Waals surface area contributed by atoms with Crippen molar-refractivity contribution in [1.82, 2.24) is 10.6 Å². The average molecular weight is 453 g/mol. The third-order valence-electron chi connectivity index (χ3n) is 5.39. The molecule has 2 aliphatic carbocycles. The molecule has 0 aromatic rings. The van der Waals surface area contributed by atoms with Crippen molar-refractivity contribution in [3.05, 3.63) is 24.3 Å². The number of ether oxygens (including phenoxy) is 4. The molecule has 2 unspecified atom stereocenters. The molecule has 0 saturated carbocycles. The summed E-state index contributed by atoms with van der Waals surface area (Å²) in [6.07, 6.45) is 17.6. The second-order valence-corrected chi connectivity index (χ2v) is 8.09. The molecule has 2 rings (SSSR count). The highest BCUT2D eigenvalue weighted by Crippen LogP contribution is 2.16. The summed E-state index contributed by atoms with van der Waals surface area (Å²) < 4.78 is 21.8. The van der Waals surface area contributed by atoms with Gasteiger partial charge in [0.1, 0.15) is 12.2 Å². The summed E-state index contributed by atoms with van der Waals surface area (Å²) in [7, 11) is 0. The Morgan fingerprint density at radius 3 is 1.53 bits per heavy atom. The lowest BCUT2D eigenvalue weighted by Gasteiger charge is -2.18. The van der Waals surface area contributed by atoms with Crippen molar-refractivity contribution in [3.8, 4) is 0 Å².